The number of nitrogens with zero attached hydrogens (tertiary/aromatic N) is 1. The van der Waals surface area contributed by atoms with Crippen molar-refractivity contribution < 1.29 is 14.2 Å². The molecule has 160 valence electrons. The van der Waals surface area contributed by atoms with E-state index >= 15 is 0 Å². The van der Waals surface area contributed by atoms with Crippen LogP contribution in [0.25, 0.3) is 10.9 Å². The van der Waals surface area contributed by atoms with Gasteiger partial charge in [-0.15, -0.1) is 0 Å². The maximum Gasteiger partial charge on any atom is 0.297 e. The number of methoxy groups -OCH3 is 1. The molecule has 0 aliphatic carbocycles. The predicted octanol–water partition coefficient (Wildman–Crippen LogP) is 5.57. The number of rotatable bonds is 11. The number of hydrogen-bond donors (Lipinski definition) is 0. The lowest BCUT2D eigenvalue weighted by Crippen LogP contribution is -2.23. The van der Waals surface area contributed by atoms with Crippen LogP contribution in [0.2, 0.25) is 0 Å². The molecule has 0 saturated carbocycles. The molecule has 3 rings (SSSR count). The van der Waals surface area contributed by atoms with Crippen LogP contribution in [0.4, 0.5) is 0 Å². The van der Waals surface area contributed by atoms with Gasteiger partial charge in [-0.3, -0.25) is 4.79 Å². The molecule has 0 unspecified atom stereocenters. The van der Waals surface area contributed by atoms with Gasteiger partial charge in [-0.05, 0) is 30.5 Å². The van der Waals surface area contributed by atoms with Gasteiger partial charge in [-0.2, -0.15) is 0 Å². The lowest BCUT2D eigenvalue weighted by Gasteiger charge is -2.18. The molecule has 0 aliphatic heterocycles. The fraction of sp³-hybridized carbons (Fsp3) is 0.400. The van der Waals surface area contributed by atoms with Crippen molar-refractivity contribution in [2.24, 2.45) is 0 Å². The molecule has 0 spiro atoms. The molecule has 0 fully saturated rings. The second-order valence-electron chi connectivity index (χ2n) is 7.33. The van der Waals surface area contributed by atoms with Crippen LogP contribution in [0.3, 0.4) is 0 Å². The highest BCUT2D eigenvalue weighted by Gasteiger charge is 2.19. The summed E-state index contributed by atoms with van der Waals surface area (Å²) in [6, 6.07) is 15.7. The molecule has 0 saturated heterocycles. The van der Waals surface area contributed by atoms with Crippen molar-refractivity contribution in [3.63, 3.8) is 0 Å². The van der Waals surface area contributed by atoms with E-state index in [2.05, 4.69) is 13.8 Å². The lowest BCUT2D eigenvalue weighted by molar-refractivity contribution is 0.285. The van der Waals surface area contributed by atoms with E-state index in [4.69, 9.17) is 14.2 Å². The third kappa shape index (κ3) is 4.96. The molecular weight excluding hydrogens is 378 g/mol. The van der Waals surface area contributed by atoms with Gasteiger partial charge in [0.1, 0.15) is 12.4 Å². The minimum Gasteiger partial charge on any atom is -0.494 e. The first-order chi connectivity index (χ1) is 14.7. The lowest BCUT2D eigenvalue weighted by atomic mass is 10.1. The molecule has 30 heavy (non-hydrogen) atoms. The Hall–Kier alpha value is -2.95. The zero-order valence-electron chi connectivity index (χ0n) is 18.1. The van der Waals surface area contributed by atoms with Crippen LogP contribution >= 0.6 is 0 Å². The third-order valence-electron chi connectivity index (χ3n) is 5.08. The summed E-state index contributed by atoms with van der Waals surface area (Å²) in [6.07, 6.45) is 3.97. The van der Waals surface area contributed by atoms with E-state index in [9.17, 15) is 4.79 Å². The normalized spacial score (nSPS) is 10.9. The molecule has 2 aromatic carbocycles. The summed E-state index contributed by atoms with van der Waals surface area (Å²) in [7, 11) is 1.52. The van der Waals surface area contributed by atoms with Crippen molar-refractivity contribution in [2.75, 3.05) is 13.7 Å². The Morgan fingerprint density at radius 1 is 0.900 bits per heavy atom. The van der Waals surface area contributed by atoms with Crippen molar-refractivity contribution in [1.29, 1.82) is 0 Å². The van der Waals surface area contributed by atoms with Gasteiger partial charge in [-0.1, -0.05) is 57.0 Å². The fourth-order valence-corrected chi connectivity index (χ4v) is 3.39. The smallest absolute Gasteiger partial charge is 0.297 e. The number of aromatic nitrogens is 1. The minimum absolute atomic E-state index is 0.174. The third-order valence-corrected chi connectivity index (χ3v) is 5.08. The Morgan fingerprint density at radius 2 is 1.67 bits per heavy atom. The molecule has 1 heterocycles. The molecule has 5 nitrogen and oxygen atoms in total. The topological polar surface area (TPSA) is 49.7 Å². The van der Waals surface area contributed by atoms with Crippen LogP contribution < -0.4 is 19.8 Å². The molecule has 1 aromatic heterocycles. The van der Waals surface area contributed by atoms with E-state index in [-0.39, 0.29) is 11.3 Å². The van der Waals surface area contributed by atoms with Crippen molar-refractivity contribution >= 4 is 10.9 Å². The first-order valence-electron chi connectivity index (χ1n) is 10.7. The molecule has 0 bridgehead atoms. The van der Waals surface area contributed by atoms with E-state index in [1.54, 1.807) is 4.57 Å². The van der Waals surface area contributed by atoms with Crippen LogP contribution in [0.15, 0.2) is 53.3 Å². The standard InChI is InChI=1S/C25H31NO4/c1-4-6-15-26-22-17-20(29-16-7-5-2)13-14-21(22)23(24(28-3)25(26)27)30-18-19-11-9-8-10-12-19/h8-14,17H,4-7,15-16,18H2,1-3H3. The maximum absolute atomic E-state index is 13.2. The van der Waals surface area contributed by atoms with E-state index in [1.807, 2.05) is 48.5 Å². The van der Waals surface area contributed by atoms with E-state index in [1.165, 1.54) is 7.11 Å². The van der Waals surface area contributed by atoms with Gasteiger partial charge in [0.25, 0.3) is 5.56 Å². The monoisotopic (exact) mass is 409 g/mol. The molecular formula is C25H31NO4. The Bertz CT molecular complexity index is 1010. The van der Waals surface area contributed by atoms with Crippen molar-refractivity contribution in [3.8, 4) is 17.2 Å². The highest BCUT2D eigenvalue weighted by atomic mass is 16.5. The SMILES string of the molecule is CCCCOc1ccc2c(OCc3ccccc3)c(OC)c(=O)n(CCCC)c2c1. The number of benzene rings is 2. The van der Waals surface area contributed by atoms with Crippen LogP contribution in [0.5, 0.6) is 17.2 Å². The highest BCUT2D eigenvalue weighted by Crippen LogP contribution is 2.35. The summed E-state index contributed by atoms with van der Waals surface area (Å²) in [6.45, 7) is 5.89. The number of ether oxygens (including phenoxy) is 3. The first kappa shape index (κ1) is 21.8. The molecule has 5 heteroatoms. The summed E-state index contributed by atoms with van der Waals surface area (Å²) < 4.78 is 19.3. The van der Waals surface area contributed by atoms with Crippen molar-refractivity contribution in [3.05, 3.63) is 64.4 Å². The fourth-order valence-electron chi connectivity index (χ4n) is 3.39. The zero-order valence-corrected chi connectivity index (χ0v) is 18.1. The Balaban J connectivity index is 2.07. The average Bonchev–Trinajstić information content (AvgIpc) is 2.78. The predicted molar refractivity (Wildman–Crippen MR) is 121 cm³/mol. The molecule has 3 aromatic rings. The molecule has 0 radical (unpaired) electrons. The van der Waals surface area contributed by atoms with Crippen LogP contribution in [-0.4, -0.2) is 18.3 Å². The quantitative estimate of drug-likeness (QED) is 0.389. The van der Waals surface area contributed by atoms with Gasteiger partial charge >= 0.3 is 0 Å². The van der Waals surface area contributed by atoms with Crippen molar-refractivity contribution in [1.82, 2.24) is 4.57 Å². The molecule has 0 atom stereocenters. The maximum atomic E-state index is 13.2. The van der Waals surface area contributed by atoms with Gasteiger partial charge in [0.05, 0.1) is 19.2 Å². The summed E-state index contributed by atoms with van der Waals surface area (Å²) in [5, 5.41) is 0.848. The van der Waals surface area contributed by atoms with Gasteiger partial charge in [0.2, 0.25) is 5.75 Å². The van der Waals surface area contributed by atoms with E-state index in [0.717, 1.165) is 47.9 Å². The average molecular weight is 410 g/mol. The van der Waals surface area contributed by atoms with Crippen LogP contribution in [0, 0.1) is 0 Å². The minimum atomic E-state index is -0.174. The Labute approximate surface area is 178 Å². The van der Waals surface area contributed by atoms with Gasteiger partial charge in [0.15, 0.2) is 5.75 Å². The molecule has 0 aliphatic rings. The van der Waals surface area contributed by atoms with Gasteiger partial charge in [-0.25, -0.2) is 0 Å². The van der Waals surface area contributed by atoms with Crippen LogP contribution in [-0.2, 0) is 13.2 Å². The number of aryl methyl sites for hydroxylation is 1. The van der Waals surface area contributed by atoms with E-state index in [0.29, 0.717) is 25.5 Å². The Kier molecular flexibility index (Phi) is 7.77. The molecule has 0 N–H and O–H groups in total. The number of hydrogen-bond acceptors (Lipinski definition) is 4. The summed E-state index contributed by atoms with van der Waals surface area (Å²) in [5.41, 5.74) is 1.67. The van der Waals surface area contributed by atoms with Gasteiger partial charge < -0.3 is 18.8 Å². The number of unbranched alkanes of at least 4 members (excludes halogenated alkanes) is 2. The van der Waals surface area contributed by atoms with Crippen molar-refractivity contribution in [2.45, 2.75) is 52.7 Å². The first-order valence-corrected chi connectivity index (χ1v) is 10.7. The summed E-state index contributed by atoms with van der Waals surface area (Å²) >= 11 is 0. The number of pyridine rings is 1. The number of fused-ring (bicyclic) bond motifs is 1. The zero-order chi connectivity index (χ0) is 21.3. The Morgan fingerprint density at radius 3 is 2.37 bits per heavy atom. The highest BCUT2D eigenvalue weighted by molar-refractivity contribution is 5.89. The second kappa shape index (κ2) is 10.7. The summed E-state index contributed by atoms with van der Waals surface area (Å²) in [4.78, 5) is 13.2. The van der Waals surface area contributed by atoms with E-state index < -0.39 is 0 Å². The largest absolute Gasteiger partial charge is 0.494 e. The van der Waals surface area contributed by atoms with Gasteiger partial charge in [0, 0.05) is 18.0 Å². The molecule has 0 amide bonds. The summed E-state index contributed by atoms with van der Waals surface area (Å²) in [5.74, 6) is 1.49. The van der Waals surface area contributed by atoms with Crippen LogP contribution in [0.1, 0.15) is 45.1 Å². The second-order valence-corrected chi connectivity index (χ2v) is 7.33.